The van der Waals surface area contributed by atoms with E-state index in [1.54, 1.807) is 0 Å². The second kappa shape index (κ2) is 4.73. The van der Waals surface area contributed by atoms with Crippen LogP contribution >= 0.6 is 0 Å². The minimum atomic E-state index is -1.44. The zero-order valence-electron chi connectivity index (χ0n) is 13.6. The van der Waals surface area contributed by atoms with Gasteiger partial charge in [0.15, 0.2) is 8.24 Å². The third kappa shape index (κ3) is 2.24. The number of rotatable bonds is 2. The highest BCUT2D eigenvalue weighted by atomic mass is 28.3. The predicted molar refractivity (Wildman–Crippen MR) is 100 cm³/mol. The molecule has 0 radical (unpaired) electrons. The van der Waals surface area contributed by atoms with E-state index < -0.39 is 8.24 Å². The zero-order chi connectivity index (χ0) is 16.2. The number of hydrogen-bond acceptors (Lipinski definition) is 2. The average molecular weight is 320 g/mol. The minimum Gasteiger partial charge on any atom is -0.399 e. The molecule has 0 saturated heterocycles. The number of anilines is 1. The lowest BCUT2D eigenvalue weighted by molar-refractivity contribution is 1.12. The number of nitrogens with two attached hydrogens (primary N) is 1. The summed E-state index contributed by atoms with van der Waals surface area (Å²) in [5.74, 6) is 0. The molecule has 23 heavy (non-hydrogen) atoms. The van der Waals surface area contributed by atoms with Crippen LogP contribution in [0, 0.1) is 0 Å². The second-order valence-electron chi connectivity index (χ2n) is 7.01. The first-order valence-electron chi connectivity index (χ1n) is 7.79. The molecule has 0 spiro atoms. The van der Waals surface area contributed by atoms with Crippen LogP contribution in [0.2, 0.25) is 19.6 Å². The Morgan fingerprint density at radius 3 is 2.65 bits per heavy atom. The first-order valence-corrected chi connectivity index (χ1v) is 11.2. The Hall–Kier alpha value is -2.53. The lowest BCUT2D eigenvalue weighted by Gasteiger charge is -2.20. The predicted octanol–water partition coefficient (Wildman–Crippen LogP) is 4.45. The summed E-state index contributed by atoms with van der Waals surface area (Å²) in [5.41, 5.74) is 11.0. The largest absolute Gasteiger partial charge is 0.399 e. The normalized spacial score (nSPS) is 12.3. The quantitative estimate of drug-likeness (QED) is 0.423. The highest BCUT2D eigenvalue weighted by Gasteiger charge is 2.19. The molecule has 4 aromatic rings. The smallest absolute Gasteiger partial charge is 0.152 e. The molecule has 0 aliphatic carbocycles. The Morgan fingerprint density at radius 2 is 1.87 bits per heavy atom. The standard InChI is InChI=1S/C18H20N4Si/c1-23(2,3)22-9-8-12-4-5-13(10-17(12)22)18-15-7-6-14(19)11-16(15)20-21-18/h4-11H,19H2,1-3H3,(H,20,21). The fourth-order valence-electron chi connectivity index (χ4n) is 3.12. The van der Waals surface area contributed by atoms with Crippen LogP contribution in [-0.4, -0.2) is 22.7 Å². The second-order valence-corrected chi connectivity index (χ2v) is 11.8. The monoisotopic (exact) mass is 320 g/mol. The van der Waals surface area contributed by atoms with Gasteiger partial charge in [-0.25, -0.2) is 0 Å². The summed E-state index contributed by atoms with van der Waals surface area (Å²) in [5, 5.41) is 9.98. The van der Waals surface area contributed by atoms with E-state index in [1.165, 1.54) is 10.9 Å². The van der Waals surface area contributed by atoms with E-state index in [2.05, 4.69) is 64.5 Å². The molecule has 0 amide bonds. The molecule has 5 heteroatoms. The van der Waals surface area contributed by atoms with Crippen LogP contribution in [-0.2, 0) is 0 Å². The van der Waals surface area contributed by atoms with Gasteiger partial charge in [0.1, 0.15) is 0 Å². The van der Waals surface area contributed by atoms with Crippen LogP contribution in [0.5, 0.6) is 0 Å². The molecule has 4 nitrogen and oxygen atoms in total. The molecule has 0 unspecified atom stereocenters. The molecular weight excluding hydrogens is 300 g/mol. The van der Waals surface area contributed by atoms with Crippen molar-refractivity contribution in [1.82, 2.24) is 14.4 Å². The first kappa shape index (κ1) is 14.1. The number of fused-ring (bicyclic) bond motifs is 2. The van der Waals surface area contributed by atoms with Crippen molar-refractivity contribution in [3.05, 3.63) is 48.7 Å². The summed E-state index contributed by atoms with van der Waals surface area (Å²) in [6, 6.07) is 14.6. The van der Waals surface area contributed by atoms with Gasteiger partial charge in [-0.15, -0.1) is 0 Å². The molecule has 2 aromatic heterocycles. The van der Waals surface area contributed by atoms with E-state index in [9.17, 15) is 0 Å². The van der Waals surface area contributed by atoms with Gasteiger partial charge in [-0.1, -0.05) is 31.8 Å². The van der Waals surface area contributed by atoms with E-state index in [4.69, 9.17) is 5.73 Å². The fourth-order valence-corrected chi connectivity index (χ4v) is 4.56. The van der Waals surface area contributed by atoms with Crippen molar-refractivity contribution < 1.29 is 0 Å². The molecule has 0 saturated carbocycles. The molecule has 0 atom stereocenters. The molecular formula is C18H20N4Si. The molecule has 0 bridgehead atoms. The number of nitrogens with zero attached hydrogens (tertiary/aromatic N) is 2. The number of nitrogens with one attached hydrogen (secondary N) is 1. The number of benzene rings is 2. The summed E-state index contributed by atoms with van der Waals surface area (Å²) < 4.78 is 2.44. The Labute approximate surface area is 136 Å². The maximum Gasteiger partial charge on any atom is 0.152 e. The van der Waals surface area contributed by atoms with Gasteiger partial charge in [0.05, 0.1) is 11.2 Å². The average Bonchev–Trinajstić information content (AvgIpc) is 3.08. The number of H-pyrrole nitrogens is 1. The summed E-state index contributed by atoms with van der Waals surface area (Å²) in [4.78, 5) is 0. The highest BCUT2D eigenvalue weighted by molar-refractivity contribution is 6.75. The van der Waals surface area contributed by atoms with Crippen molar-refractivity contribution in [3.63, 3.8) is 0 Å². The van der Waals surface area contributed by atoms with Gasteiger partial charge in [-0.05, 0) is 41.9 Å². The van der Waals surface area contributed by atoms with Crippen molar-refractivity contribution >= 4 is 35.7 Å². The maximum atomic E-state index is 5.85. The first-order chi connectivity index (χ1) is 10.9. The molecule has 3 N–H and O–H groups in total. The van der Waals surface area contributed by atoms with Crippen LogP contribution in [0.25, 0.3) is 33.1 Å². The Morgan fingerprint density at radius 1 is 1.04 bits per heavy atom. The summed E-state index contributed by atoms with van der Waals surface area (Å²) in [6.45, 7) is 7.06. The van der Waals surface area contributed by atoms with Crippen molar-refractivity contribution in [2.24, 2.45) is 0 Å². The fraction of sp³-hybridized carbons (Fsp3) is 0.167. The molecule has 0 aliphatic rings. The van der Waals surface area contributed by atoms with E-state index in [-0.39, 0.29) is 0 Å². The van der Waals surface area contributed by atoms with E-state index in [0.29, 0.717) is 0 Å². The van der Waals surface area contributed by atoms with Gasteiger partial charge in [0.25, 0.3) is 0 Å². The third-order valence-corrected chi connectivity index (χ3v) is 6.11. The van der Waals surface area contributed by atoms with Crippen molar-refractivity contribution in [1.29, 1.82) is 0 Å². The van der Waals surface area contributed by atoms with Crippen LogP contribution in [0.1, 0.15) is 0 Å². The summed E-state index contributed by atoms with van der Waals surface area (Å²) in [6.07, 6.45) is 2.21. The Bertz CT molecular complexity index is 1020. The van der Waals surface area contributed by atoms with Gasteiger partial charge in [-0.3, -0.25) is 5.10 Å². The van der Waals surface area contributed by atoms with Gasteiger partial charge in [0, 0.05) is 22.2 Å². The van der Waals surface area contributed by atoms with Crippen molar-refractivity contribution in [2.75, 3.05) is 5.73 Å². The Kier molecular flexibility index (Phi) is 2.90. The molecule has 2 heterocycles. The molecule has 116 valence electrons. The third-order valence-electron chi connectivity index (χ3n) is 4.28. The molecule has 2 aromatic carbocycles. The Balaban J connectivity index is 1.94. The zero-order valence-corrected chi connectivity index (χ0v) is 14.6. The number of nitrogen functional groups attached to an aromatic ring is 1. The maximum absolute atomic E-state index is 5.85. The topological polar surface area (TPSA) is 59.6 Å². The van der Waals surface area contributed by atoms with Gasteiger partial charge in [0.2, 0.25) is 0 Å². The van der Waals surface area contributed by atoms with Crippen molar-refractivity contribution in [2.45, 2.75) is 19.6 Å². The molecule has 0 fully saturated rings. The number of aromatic nitrogens is 3. The minimum absolute atomic E-state index is 0.746. The van der Waals surface area contributed by atoms with Gasteiger partial charge < -0.3 is 9.97 Å². The summed E-state index contributed by atoms with van der Waals surface area (Å²) >= 11 is 0. The molecule has 0 aliphatic heterocycles. The highest BCUT2D eigenvalue weighted by Crippen LogP contribution is 2.31. The van der Waals surface area contributed by atoms with Crippen molar-refractivity contribution in [3.8, 4) is 11.3 Å². The van der Waals surface area contributed by atoms with E-state index in [1.807, 2.05) is 18.2 Å². The summed E-state index contributed by atoms with van der Waals surface area (Å²) in [7, 11) is -1.44. The lowest BCUT2D eigenvalue weighted by atomic mass is 10.1. The number of aromatic amines is 1. The van der Waals surface area contributed by atoms with Crippen LogP contribution in [0.4, 0.5) is 5.69 Å². The van der Waals surface area contributed by atoms with Gasteiger partial charge in [-0.2, -0.15) is 5.10 Å². The van der Waals surface area contributed by atoms with E-state index >= 15 is 0 Å². The molecule has 4 rings (SSSR count). The van der Waals surface area contributed by atoms with Gasteiger partial charge >= 0.3 is 0 Å². The van der Waals surface area contributed by atoms with E-state index in [0.717, 1.165) is 27.8 Å². The number of hydrogen-bond donors (Lipinski definition) is 2. The SMILES string of the molecule is C[Si](C)(C)n1ccc2ccc(-c3n[nH]c4cc(N)ccc34)cc21. The lowest BCUT2D eigenvalue weighted by Crippen LogP contribution is -2.30. The van der Waals surface area contributed by atoms with Crippen LogP contribution in [0.15, 0.2) is 48.7 Å². The van der Waals surface area contributed by atoms with Crippen LogP contribution < -0.4 is 5.73 Å². The van der Waals surface area contributed by atoms with Crippen LogP contribution in [0.3, 0.4) is 0 Å².